The summed E-state index contributed by atoms with van der Waals surface area (Å²) < 4.78 is 24.1. The quantitative estimate of drug-likeness (QED) is 0.679. The third kappa shape index (κ3) is 3.45. The maximum Gasteiger partial charge on any atom is 0.276 e. The third-order valence-corrected chi connectivity index (χ3v) is 4.02. The summed E-state index contributed by atoms with van der Waals surface area (Å²) in [6.07, 6.45) is 0.640. The van der Waals surface area contributed by atoms with E-state index >= 15 is 0 Å². The predicted molar refractivity (Wildman–Crippen MR) is 80.0 cm³/mol. The number of benzene rings is 2. The van der Waals surface area contributed by atoms with E-state index in [0.29, 0.717) is 12.1 Å². The number of nitrogens with one attached hydrogen (secondary N) is 1. The molecular weight excluding hydrogens is 272 g/mol. The van der Waals surface area contributed by atoms with Crippen LogP contribution in [-0.4, -0.2) is 14.1 Å². The SMILES string of the molecule is CC/C(=N/NS(=O)(=O)c1ccccc1)c1ccccc1. The molecule has 104 valence electrons. The highest BCUT2D eigenvalue weighted by atomic mass is 32.2. The average molecular weight is 288 g/mol. The van der Waals surface area contributed by atoms with Crippen molar-refractivity contribution in [1.29, 1.82) is 0 Å². The van der Waals surface area contributed by atoms with E-state index in [1.54, 1.807) is 18.2 Å². The Labute approximate surface area is 119 Å². The van der Waals surface area contributed by atoms with Crippen molar-refractivity contribution in [2.45, 2.75) is 18.2 Å². The summed E-state index contributed by atoms with van der Waals surface area (Å²) in [7, 11) is -3.61. The molecule has 0 fully saturated rings. The maximum atomic E-state index is 12.1. The zero-order chi connectivity index (χ0) is 14.4. The van der Waals surface area contributed by atoms with Crippen LogP contribution in [0.2, 0.25) is 0 Å². The molecule has 20 heavy (non-hydrogen) atoms. The minimum atomic E-state index is -3.61. The van der Waals surface area contributed by atoms with Gasteiger partial charge in [-0.2, -0.15) is 18.4 Å². The number of rotatable bonds is 5. The molecule has 0 aliphatic rings. The van der Waals surface area contributed by atoms with Gasteiger partial charge in [-0.3, -0.25) is 0 Å². The molecule has 2 aromatic rings. The van der Waals surface area contributed by atoms with Gasteiger partial charge in [-0.1, -0.05) is 55.5 Å². The fraction of sp³-hybridized carbons (Fsp3) is 0.133. The van der Waals surface area contributed by atoms with Gasteiger partial charge < -0.3 is 0 Å². The van der Waals surface area contributed by atoms with Crippen LogP contribution in [0.5, 0.6) is 0 Å². The van der Waals surface area contributed by atoms with Gasteiger partial charge >= 0.3 is 0 Å². The lowest BCUT2D eigenvalue weighted by Gasteiger charge is -2.06. The Hall–Kier alpha value is -2.14. The molecule has 0 aliphatic carbocycles. The van der Waals surface area contributed by atoms with Gasteiger partial charge in [-0.05, 0) is 24.1 Å². The molecule has 0 unspecified atom stereocenters. The second kappa shape index (κ2) is 6.34. The van der Waals surface area contributed by atoms with E-state index in [4.69, 9.17) is 0 Å². The van der Waals surface area contributed by atoms with Crippen LogP contribution in [0.25, 0.3) is 0 Å². The first-order valence-corrected chi connectivity index (χ1v) is 7.80. The van der Waals surface area contributed by atoms with Crippen LogP contribution in [0.15, 0.2) is 70.7 Å². The van der Waals surface area contributed by atoms with Gasteiger partial charge in [0.15, 0.2) is 0 Å². The van der Waals surface area contributed by atoms with Gasteiger partial charge in [0.2, 0.25) is 0 Å². The van der Waals surface area contributed by atoms with Gasteiger partial charge in [0, 0.05) is 0 Å². The number of hydrazone groups is 1. The number of hydrogen-bond acceptors (Lipinski definition) is 3. The van der Waals surface area contributed by atoms with Crippen molar-refractivity contribution < 1.29 is 8.42 Å². The highest BCUT2D eigenvalue weighted by molar-refractivity contribution is 7.89. The minimum absolute atomic E-state index is 0.201. The Morgan fingerprint density at radius 3 is 2.10 bits per heavy atom. The van der Waals surface area contributed by atoms with Crippen molar-refractivity contribution in [3.8, 4) is 0 Å². The standard InChI is InChI=1S/C15H16N2O2S/c1-2-15(13-9-5-3-6-10-13)16-17-20(18,19)14-11-7-4-8-12-14/h3-12,17H,2H2,1H3/b16-15-. The van der Waals surface area contributed by atoms with Crippen LogP contribution in [-0.2, 0) is 10.0 Å². The van der Waals surface area contributed by atoms with Crippen molar-refractivity contribution in [3.05, 3.63) is 66.2 Å². The van der Waals surface area contributed by atoms with Gasteiger partial charge in [0.25, 0.3) is 10.0 Å². The van der Waals surface area contributed by atoms with Gasteiger partial charge in [0.05, 0.1) is 10.6 Å². The number of sulfonamides is 1. The molecule has 0 atom stereocenters. The molecule has 0 spiro atoms. The molecule has 5 heteroatoms. The average Bonchev–Trinajstić information content (AvgIpc) is 2.50. The van der Waals surface area contributed by atoms with Crippen LogP contribution in [0.4, 0.5) is 0 Å². The second-order valence-electron chi connectivity index (χ2n) is 4.19. The number of hydrogen-bond donors (Lipinski definition) is 1. The van der Waals surface area contributed by atoms with Crippen LogP contribution in [0.1, 0.15) is 18.9 Å². The minimum Gasteiger partial charge on any atom is -0.200 e. The van der Waals surface area contributed by atoms with Crippen molar-refractivity contribution in [1.82, 2.24) is 4.83 Å². The molecule has 0 radical (unpaired) electrons. The summed E-state index contributed by atoms with van der Waals surface area (Å²) in [6, 6.07) is 17.7. The Morgan fingerprint density at radius 2 is 1.55 bits per heavy atom. The predicted octanol–water partition coefficient (Wildman–Crippen LogP) is 2.78. The first-order chi connectivity index (χ1) is 9.63. The topological polar surface area (TPSA) is 58.5 Å². The lowest BCUT2D eigenvalue weighted by Crippen LogP contribution is -2.20. The summed E-state index contributed by atoms with van der Waals surface area (Å²) in [5.74, 6) is 0. The van der Waals surface area contributed by atoms with Crippen LogP contribution >= 0.6 is 0 Å². The molecule has 0 aromatic heterocycles. The Morgan fingerprint density at radius 1 is 1.00 bits per heavy atom. The molecule has 0 aliphatic heterocycles. The fourth-order valence-electron chi connectivity index (χ4n) is 1.75. The van der Waals surface area contributed by atoms with Crippen molar-refractivity contribution in [2.24, 2.45) is 5.10 Å². The molecular formula is C15H16N2O2S. The number of nitrogens with zero attached hydrogens (tertiary/aromatic N) is 1. The Bertz CT molecular complexity index is 680. The summed E-state index contributed by atoms with van der Waals surface area (Å²) in [5, 5.41) is 4.04. The molecule has 0 amide bonds. The van der Waals surface area contributed by atoms with Crippen molar-refractivity contribution >= 4 is 15.7 Å². The molecule has 2 aromatic carbocycles. The lowest BCUT2D eigenvalue weighted by molar-refractivity contribution is 0.584. The van der Waals surface area contributed by atoms with Gasteiger partial charge in [-0.25, -0.2) is 0 Å². The first kappa shape index (κ1) is 14.3. The van der Waals surface area contributed by atoms with Crippen molar-refractivity contribution in [3.63, 3.8) is 0 Å². The van der Waals surface area contributed by atoms with E-state index in [9.17, 15) is 8.42 Å². The second-order valence-corrected chi connectivity index (χ2v) is 5.85. The molecule has 0 saturated heterocycles. The van der Waals surface area contributed by atoms with Crippen LogP contribution < -0.4 is 4.83 Å². The fourth-order valence-corrected chi connectivity index (χ4v) is 2.60. The summed E-state index contributed by atoms with van der Waals surface area (Å²) in [5.41, 5.74) is 1.61. The van der Waals surface area contributed by atoms with Crippen LogP contribution in [0, 0.1) is 0 Å². The molecule has 0 heterocycles. The van der Waals surface area contributed by atoms with E-state index in [2.05, 4.69) is 9.93 Å². The zero-order valence-corrected chi connectivity index (χ0v) is 12.0. The normalized spacial score (nSPS) is 12.2. The summed E-state index contributed by atoms with van der Waals surface area (Å²) >= 11 is 0. The van der Waals surface area contributed by atoms with E-state index < -0.39 is 10.0 Å². The highest BCUT2D eigenvalue weighted by Crippen LogP contribution is 2.08. The molecule has 0 saturated carbocycles. The smallest absolute Gasteiger partial charge is 0.200 e. The van der Waals surface area contributed by atoms with E-state index in [1.165, 1.54) is 12.1 Å². The molecule has 2 rings (SSSR count). The van der Waals surface area contributed by atoms with Crippen molar-refractivity contribution in [2.75, 3.05) is 0 Å². The van der Waals surface area contributed by atoms with Gasteiger partial charge in [0.1, 0.15) is 0 Å². The first-order valence-electron chi connectivity index (χ1n) is 6.32. The van der Waals surface area contributed by atoms with E-state index in [0.717, 1.165) is 5.56 Å². The van der Waals surface area contributed by atoms with E-state index in [-0.39, 0.29) is 4.90 Å². The lowest BCUT2D eigenvalue weighted by atomic mass is 10.1. The highest BCUT2D eigenvalue weighted by Gasteiger charge is 2.12. The summed E-state index contributed by atoms with van der Waals surface area (Å²) in [4.78, 5) is 2.49. The van der Waals surface area contributed by atoms with Crippen LogP contribution in [0.3, 0.4) is 0 Å². The zero-order valence-electron chi connectivity index (χ0n) is 11.2. The largest absolute Gasteiger partial charge is 0.276 e. The molecule has 4 nitrogen and oxygen atoms in total. The molecule has 0 bridgehead atoms. The van der Waals surface area contributed by atoms with Gasteiger partial charge in [-0.15, -0.1) is 0 Å². The third-order valence-electron chi connectivity index (χ3n) is 2.80. The Balaban J connectivity index is 2.23. The summed E-state index contributed by atoms with van der Waals surface area (Å²) in [6.45, 7) is 1.93. The molecule has 1 N–H and O–H groups in total. The monoisotopic (exact) mass is 288 g/mol. The Kier molecular flexibility index (Phi) is 4.53. The maximum absolute atomic E-state index is 12.1. The van der Waals surface area contributed by atoms with E-state index in [1.807, 2.05) is 37.3 Å².